The number of hydrogen-bond acceptors (Lipinski definition) is 4. The molecule has 0 aliphatic carbocycles. The highest BCUT2D eigenvalue weighted by Crippen LogP contribution is 2.26. The standard InChI is InChI=1S/C9H17N5/c1-13-5-7(10)3-4-8(13)9-11-6-14(2)12-9/h6-8H,3-5,10H2,1-2H3. The van der Waals surface area contributed by atoms with Crippen molar-refractivity contribution < 1.29 is 0 Å². The van der Waals surface area contributed by atoms with E-state index >= 15 is 0 Å². The lowest BCUT2D eigenvalue weighted by Crippen LogP contribution is -2.42. The highest BCUT2D eigenvalue weighted by Gasteiger charge is 2.27. The Morgan fingerprint density at radius 2 is 2.21 bits per heavy atom. The molecule has 0 amide bonds. The van der Waals surface area contributed by atoms with Crippen molar-refractivity contribution in [1.82, 2.24) is 19.7 Å². The first-order valence-electron chi connectivity index (χ1n) is 4.98. The molecule has 2 atom stereocenters. The zero-order chi connectivity index (χ0) is 10.1. The summed E-state index contributed by atoms with van der Waals surface area (Å²) in [5, 5.41) is 4.33. The molecule has 78 valence electrons. The number of piperidine rings is 1. The van der Waals surface area contributed by atoms with Crippen molar-refractivity contribution >= 4 is 0 Å². The molecule has 0 bridgehead atoms. The van der Waals surface area contributed by atoms with Crippen LogP contribution in [0.1, 0.15) is 24.7 Å². The van der Waals surface area contributed by atoms with E-state index < -0.39 is 0 Å². The number of nitrogens with two attached hydrogens (primary N) is 1. The van der Waals surface area contributed by atoms with Crippen molar-refractivity contribution in [3.8, 4) is 0 Å². The number of nitrogens with zero attached hydrogens (tertiary/aromatic N) is 4. The Labute approximate surface area is 83.9 Å². The molecule has 1 aromatic heterocycles. The van der Waals surface area contributed by atoms with Gasteiger partial charge in [0.15, 0.2) is 5.82 Å². The first-order valence-corrected chi connectivity index (χ1v) is 4.98. The zero-order valence-corrected chi connectivity index (χ0v) is 8.72. The van der Waals surface area contributed by atoms with Gasteiger partial charge in [-0.05, 0) is 19.9 Å². The van der Waals surface area contributed by atoms with E-state index in [0.717, 1.165) is 25.2 Å². The molecule has 0 radical (unpaired) electrons. The fraction of sp³-hybridized carbons (Fsp3) is 0.778. The molecular formula is C9H17N5. The Hall–Kier alpha value is -0.940. The average molecular weight is 195 g/mol. The first kappa shape index (κ1) is 9.61. The van der Waals surface area contributed by atoms with Crippen LogP contribution in [0.3, 0.4) is 0 Å². The Morgan fingerprint density at radius 3 is 2.79 bits per heavy atom. The molecular weight excluding hydrogens is 178 g/mol. The fourth-order valence-electron chi connectivity index (χ4n) is 2.02. The van der Waals surface area contributed by atoms with E-state index in [1.54, 1.807) is 11.0 Å². The monoisotopic (exact) mass is 195 g/mol. The molecule has 1 fully saturated rings. The summed E-state index contributed by atoms with van der Waals surface area (Å²) in [6.07, 6.45) is 3.87. The van der Waals surface area contributed by atoms with E-state index in [1.807, 2.05) is 7.05 Å². The lowest BCUT2D eigenvalue weighted by Gasteiger charge is -2.33. The molecule has 1 saturated heterocycles. The molecule has 1 aliphatic rings. The summed E-state index contributed by atoms with van der Waals surface area (Å²) in [4.78, 5) is 6.52. The summed E-state index contributed by atoms with van der Waals surface area (Å²) in [7, 11) is 3.98. The minimum Gasteiger partial charge on any atom is -0.327 e. The van der Waals surface area contributed by atoms with Crippen molar-refractivity contribution in [3.05, 3.63) is 12.2 Å². The van der Waals surface area contributed by atoms with Gasteiger partial charge >= 0.3 is 0 Å². The summed E-state index contributed by atoms with van der Waals surface area (Å²) in [6.45, 7) is 0.933. The molecule has 5 heteroatoms. The Balaban J connectivity index is 2.11. The van der Waals surface area contributed by atoms with Crippen molar-refractivity contribution in [2.45, 2.75) is 24.9 Å². The minimum atomic E-state index is 0.306. The molecule has 1 aromatic rings. The van der Waals surface area contributed by atoms with Gasteiger partial charge in [-0.1, -0.05) is 0 Å². The lowest BCUT2D eigenvalue weighted by molar-refractivity contribution is 0.162. The second kappa shape index (κ2) is 3.67. The van der Waals surface area contributed by atoms with Crippen LogP contribution in [0.5, 0.6) is 0 Å². The quantitative estimate of drug-likeness (QED) is 0.680. The van der Waals surface area contributed by atoms with Gasteiger partial charge in [0.05, 0.1) is 6.04 Å². The number of rotatable bonds is 1. The third-order valence-electron chi connectivity index (χ3n) is 2.78. The summed E-state index contributed by atoms with van der Waals surface area (Å²) >= 11 is 0. The second-order valence-corrected chi connectivity index (χ2v) is 4.07. The van der Waals surface area contributed by atoms with Crippen LogP contribution in [0.2, 0.25) is 0 Å². The van der Waals surface area contributed by atoms with E-state index in [4.69, 9.17) is 5.73 Å². The van der Waals surface area contributed by atoms with Gasteiger partial charge in [0.1, 0.15) is 6.33 Å². The van der Waals surface area contributed by atoms with Crippen molar-refractivity contribution in [2.24, 2.45) is 12.8 Å². The van der Waals surface area contributed by atoms with E-state index in [0.29, 0.717) is 12.1 Å². The van der Waals surface area contributed by atoms with Crippen LogP contribution in [0.25, 0.3) is 0 Å². The molecule has 5 nitrogen and oxygen atoms in total. The summed E-state index contributed by atoms with van der Waals surface area (Å²) < 4.78 is 1.75. The Bertz CT molecular complexity index is 308. The van der Waals surface area contributed by atoms with E-state index in [1.165, 1.54) is 0 Å². The fourth-order valence-corrected chi connectivity index (χ4v) is 2.02. The zero-order valence-electron chi connectivity index (χ0n) is 8.72. The topological polar surface area (TPSA) is 60.0 Å². The van der Waals surface area contributed by atoms with Gasteiger partial charge in [-0.25, -0.2) is 4.98 Å². The molecule has 0 aromatic carbocycles. The SMILES string of the molecule is CN1CC(N)CCC1c1ncn(C)n1. The van der Waals surface area contributed by atoms with Crippen LogP contribution >= 0.6 is 0 Å². The Kier molecular flexibility index (Phi) is 2.52. The van der Waals surface area contributed by atoms with Gasteiger partial charge < -0.3 is 5.73 Å². The maximum absolute atomic E-state index is 5.88. The predicted molar refractivity (Wildman–Crippen MR) is 53.6 cm³/mol. The van der Waals surface area contributed by atoms with Crippen molar-refractivity contribution in [2.75, 3.05) is 13.6 Å². The number of aromatic nitrogens is 3. The molecule has 1 aliphatic heterocycles. The van der Waals surface area contributed by atoms with Gasteiger partial charge in [0.2, 0.25) is 0 Å². The van der Waals surface area contributed by atoms with Gasteiger partial charge in [-0.2, -0.15) is 5.10 Å². The highest BCUT2D eigenvalue weighted by molar-refractivity contribution is 4.96. The molecule has 2 rings (SSSR count). The van der Waals surface area contributed by atoms with Gasteiger partial charge in [-0.3, -0.25) is 9.58 Å². The average Bonchev–Trinajstić information content (AvgIpc) is 2.51. The van der Waals surface area contributed by atoms with Crippen LogP contribution in [-0.2, 0) is 7.05 Å². The molecule has 14 heavy (non-hydrogen) atoms. The smallest absolute Gasteiger partial charge is 0.167 e. The predicted octanol–water partition coefficient (Wildman–Crippen LogP) is -0.0909. The molecule has 2 N–H and O–H groups in total. The molecule has 2 unspecified atom stereocenters. The largest absolute Gasteiger partial charge is 0.327 e. The summed E-state index contributed by atoms with van der Waals surface area (Å²) in [5.41, 5.74) is 5.88. The normalized spacial score (nSPS) is 29.4. The van der Waals surface area contributed by atoms with Crippen LogP contribution in [0.4, 0.5) is 0 Å². The first-order chi connectivity index (χ1) is 6.66. The minimum absolute atomic E-state index is 0.306. The van der Waals surface area contributed by atoms with Crippen LogP contribution in [0.15, 0.2) is 6.33 Å². The van der Waals surface area contributed by atoms with Crippen LogP contribution in [0, 0.1) is 0 Å². The summed E-state index contributed by atoms with van der Waals surface area (Å²) in [6, 6.07) is 0.649. The van der Waals surface area contributed by atoms with Crippen molar-refractivity contribution in [3.63, 3.8) is 0 Å². The maximum Gasteiger partial charge on any atom is 0.167 e. The third-order valence-corrected chi connectivity index (χ3v) is 2.78. The van der Waals surface area contributed by atoms with Crippen LogP contribution in [-0.4, -0.2) is 39.3 Å². The lowest BCUT2D eigenvalue weighted by atomic mass is 9.99. The third kappa shape index (κ3) is 1.78. The van der Waals surface area contributed by atoms with Gasteiger partial charge in [0.25, 0.3) is 0 Å². The maximum atomic E-state index is 5.88. The van der Waals surface area contributed by atoms with Gasteiger partial charge in [-0.15, -0.1) is 0 Å². The van der Waals surface area contributed by atoms with E-state index in [2.05, 4.69) is 22.0 Å². The molecule has 0 spiro atoms. The highest BCUT2D eigenvalue weighted by atomic mass is 15.3. The Morgan fingerprint density at radius 1 is 1.43 bits per heavy atom. The molecule has 2 heterocycles. The number of likely N-dealkylation sites (N-methyl/N-ethyl adjacent to an activating group) is 1. The summed E-state index contributed by atoms with van der Waals surface area (Å²) in [5.74, 6) is 0.918. The van der Waals surface area contributed by atoms with E-state index in [-0.39, 0.29) is 0 Å². The van der Waals surface area contributed by atoms with Crippen LogP contribution < -0.4 is 5.73 Å². The number of hydrogen-bond donors (Lipinski definition) is 1. The number of aryl methyl sites for hydroxylation is 1. The number of likely N-dealkylation sites (tertiary alicyclic amines) is 1. The second-order valence-electron chi connectivity index (χ2n) is 4.07. The van der Waals surface area contributed by atoms with Gasteiger partial charge in [0, 0.05) is 19.6 Å². The molecule has 0 saturated carbocycles. The van der Waals surface area contributed by atoms with E-state index in [9.17, 15) is 0 Å². The van der Waals surface area contributed by atoms with Crippen molar-refractivity contribution in [1.29, 1.82) is 0 Å².